The van der Waals surface area contributed by atoms with E-state index in [4.69, 9.17) is 0 Å². The van der Waals surface area contributed by atoms with Crippen LogP contribution in [0.3, 0.4) is 0 Å². The second kappa shape index (κ2) is 8.30. The zero-order valence-electron chi connectivity index (χ0n) is 17.5. The standard InChI is InChI=1S/C21H19F3N6OS/c1-11-16(12(2)30-20(25-11)28-19(29-30)21(22,23)24)7-8-18(31)27-15-6-4-5-14(9-15)17-10-32-13(3)26-17/h4-6,9-10H,7-8H2,1-3H3,(H,27,31). The summed E-state index contributed by atoms with van der Waals surface area (Å²) in [5.41, 5.74) is 4.05. The summed E-state index contributed by atoms with van der Waals surface area (Å²) in [4.78, 5) is 24.6. The maximum absolute atomic E-state index is 12.9. The highest BCUT2D eigenvalue weighted by Crippen LogP contribution is 2.27. The van der Waals surface area contributed by atoms with Crippen molar-refractivity contribution in [1.82, 2.24) is 24.6 Å². The highest BCUT2D eigenvalue weighted by atomic mass is 32.1. The molecule has 1 N–H and O–H groups in total. The number of hydrogen-bond donors (Lipinski definition) is 1. The lowest BCUT2D eigenvalue weighted by atomic mass is 10.1. The first-order chi connectivity index (χ1) is 15.1. The number of benzene rings is 1. The zero-order chi connectivity index (χ0) is 23.0. The van der Waals surface area contributed by atoms with E-state index < -0.39 is 12.0 Å². The molecule has 4 aromatic rings. The normalized spacial score (nSPS) is 11.8. The molecule has 0 aliphatic carbocycles. The summed E-state index contributed by atoms with van der Waals surface area (Å²) < 4.78 is 39.9. The first kappa shape index (κ1) is 21.9. The fourth-order valence-corrected chi connectivity index (χ4v) is 4.03. The van der Waals surface area contributed by atoms with Crippen LogP contribution in [0.15, 0.2) is 29.6 Å². The van der Waals surface area contributed by atoms with Gasteiger partial charge in [-0.15, -0.1) is 16.4 Å². The quantitative estimate of drug-likeness (QED) is 0.464. The molecule has 0 atom stereocenters. The Labute approximate surface area is 185 Å². The number of fused-ring (bicyclic) bond motifs is 1. The molecule has 7 nitrogen and oxygen atoms in total. The number of halogens is 3. The van der Waals surface area contributed by atoms with E-state index in [2.05, 4.69) is 25.4 Å². The van der Waals surface area contributed by atoms with Crippen molar-refractivity contribution < 1.29 is 18.0 Å². The number of carbonyl (C=O) groups excluding carboxylic acids is 1. The Kier molecular flexibility index (Phi) is 5.68. The fraction of sp³-hybridized carbons (Fsp3) is 0.286. The third-order valence-corrected chi connectivity index (χ3v) is 5.74. The van der Waals surface area contributed by atoms with Crippen LogP contribution in [0.2, 0.25) is 0 Å². The maximum Gasteiger partial charge on any atom is 0.453 e. The minimum atomic E-state index is -4.65. The van der Waals surface area contributed by atoms with Crippen LogP contribution in [0, 0.1) is 20.8 Å². The average molecular weight is 460 g/mol. The third-order valence-electron chi connectivity index (χ3n) is 4.97. The van der Waals surface area contributed by atoms with Crippen molar-refractivity contribution in [3.63, 3.8) is 0 Å². The number of carbonyl (C=O) groups is 1. The summed E-state index contributed by atoms with van der Waals surface area (Å²) in [6.45, 7) is 5.25. The van der Waals surface area contributed by atoms with Gasteiger partial charge in [0.1, 0.15) is 0 Å². The summed E-state index contributed by atoms with van der Waals surface area (Å²) in [6, 6.07) is 7.41. The van der Waals surface area contributed by atoms with E-state index in [-0.39, 0.29) is 18.1 Å². The Hall–Kier alpha value is -3.34. The predicted octanol–water partition coefficient (Wildman–Crippen LogP) is 4.76. The number of rotatable bonds is 5. The molecule has 0 unspecified atom stereocenters. The topological polar surface area (TPSA) is 85.1 Å². The molecular weight excluding hydrogens is 441 g/mol. The Balaban J connectivity index is 1.48. The molecule has 32 heavy (non-hydrogen) atoms. The number of aromatic nitrogens is 5. The van der Waals surface area contributed by atoms with E-state index in [1.165, 1.54) is 0 Å². The van der Waals surface area contributed by atoms with E-state index in [1.54, 1.807) is 31.3 Å². The second-order valence-corrected chi connectivity index (χ2v) is 8.35. The molecule has 3 heterocycles. The molecular formula is C21H19F3N6OS. The molecule has 166 valence electrons. The third kappa shape index (κ3) is 4.47. The smallest absolute Gasteiger partial charge is 0.326 e. The van der Waals surface area contributed by atoms with Crippen molar-refractivity contribution in [2.45, 2.75) is 39.8 Å². The van der Waals surface area contributed by atoms with Crippen LogP contribution in [0.4, 0.5) is 18.9 Å². The number of aryl methyl sites for hydroxylation is 3. The molecule has 11 heteroatoms. The molecule has 1 aromatic carbocycles. The van der Waals surface area contributed by atoms with Gasteiger partial charge in [-0.3, -0.25) is 4.79 Å². The molecule has 0 bridgehead atoms. The molecule has 4 rings (SSSR count). The van der Waals surface area contributed by atoms with E-state index in [0.29, 0.717) is 29.1 Å². The van der Waals surface area contributed by atoms with Crippen LogP contribution in [-0.2, 0) is 17.4 Å². The number of amides is 1. The van der Waals surface area contributed by atoms with Crippen LogP contribution < -0.4 is 5.32 Å². The van der Waals surface area contributed by atoms with E-state index in [1.807, 2.05) is 30.5 Å². The zero-order valence-corrected chi connectivity index (χ0v) is 18.3. The molecule has 0 spiro atoms. The van der Waals surface area contributed by atoms with Gasteiger partial charge in [-0.05, 0) is 44.9 Å². The van der Waals surface area contributed by atoms with Gasteiger partial charge in [0.05, 0.1) is 10.7 Å². The van der Waals surface area contributed by atoms with Gasteiger partial charge in [-0.2, -0.15) is 18.2 Å². The molecule has 0 radical (unpaired) electrons. The summed E-state index contributed by atoms with van der Waals surface area (Å²) in [5, 5.41) is 9.31. The summed E-state index contributed by atoms with van der Waals surface area (Å²) in [6.07, 6.45) is -4.21. The average Bonchev–Trinajstić information content (AvgIpc) is 3.34. The van der Waals surface area contributed by atoms with Crippen molar-refractivity contribution in [2.24, 2.45) is 0 Å². The van der Waals surface area contributed by atoms with Gasteiger partial charge in [0.2, 0.25) is 5.91 Å². The van der Waals surface area contributed by atoms with Gasteiger partial charge in [0, 0.05) is 34.4 Å². The molecule has 0 fully saturated rings. The Morgan fingerprint density at radius 2 is 1.94 bits per heavy atom. The van der Waals surface area contributed by atoms with Crippen LogP contribution in [0.25, 0.3) is 17.0 Å². The van der Waals surface area contributed by atoms with Gasteiger partial charge >= 0.3 is 6.18 Å². The Bertz CT molecular complexity index is 1310. The van der Waals surface area contributed by atoms with Crippen molar-refractivity contribution in [1.29, 1.82) is 0 Å². The van der Waals surface area contributed by atoms with Gasteiger partial charge in [-0.1, -0.05) is 12.1 Å². The van der Waals surface area contributed by atoms with E-state index in [9.17, 15) is 18.0 Å². The van der Waals surface area contributed by atoms with Crippen molar-refractivity contribution >= 4 is 28.7 Å². The van der Waals surface area contributed by atoms with E-state index >= 15 is 0 Å². The first-order valence-corrected chi connectivity index (χ1v) is 10.6. The lowest BCUT2D eigenvalue weighted by Crippen LogP contribution is -2.14. The first-order valence-electron chi connectivity index (χ1n) is 9.74. The van der Waals surface area contributed by atoms with Crippen molar-refractivity contribution in [2.75, 3.05) is 5.32 Å². The van der Waals surface area contributed by atoms with Gasteiger partial charge < -0.3 is 5.32 Å². The molecule has 0 saturated carbocycles. The summed E-state index contributed by atoms with van der Waals surface area (Å²) in [7, 11) is 0. The fourth-order valence-electron chi connectivity index (χ4n) is 3.40. The molecule has 0 saturated heterocycles. The Morgan fingerprint density at radius 1 is 1.16 bits per heavy atom. The largest absolute Gasteiger partial charge is 0.453 e. The number of thiazole rings is 1. The minimum Gasteiger partial charge on any atom is -0.326 e. The Morgan fingerprint density at radius 3 is 2.62 bits per heavy atom. The number of anilines is 1. The van der Waals surface area contributed by atoms with Gasteiger partial charge in [0.15, 0.2) is 0 Å². The van der Waals surface area contributed by atoms with Crippen LogP contribution >= 0.6 is 11.3 Å². The number of nitrogens with one attached hydrogen (secondary N) is 1. The second-order valence-electron chi connectivity index (χ2n) is 7.29. The highest BCUT2D eigenvalue weighted by Gasteiger charge is 2.37. The lowest BCUT2D eigenvalue weighted by Gasteiger charge is -2.11. The van der Waals surface area contributed by atoms with Gasteiger partial charge in [-0.25, -0.2) is 14.5 Å². The molecule has 0 aliphatic rings. The summed E-state index contributed by atoms with van der Waals surface area (Å²) >= 11 is 1.55. The van der Waals surface area contributed by atoms with E-state index in [0.717, 1.165) is 20.8 Å². The number of nitrogens with zero attached hydrogens (tertiary/aromatic N) is 5. The van der Waals surface area contributed by atoms with Crippen molar-refractivity contribution in [3.05, 3.63) is 57.4 Å². The number of alkyl halides is 3. The molecule has 3 aromatic heterocycles. The van der Waals surface area contributed by atoms with Crippen molar-refractivity contribution in [3.8, 4) is 11.3 Å². The highest BCUT2D eigenvalue weighted by molar-refractivity contribution is 7.09. The number of hydrogen-bond acceptors (Lipinski definition) is 6. The van der Waals surface area contributed by atoms with Crippen LogP contribution in [-0.4, -0.2) is 30.5 Å². The van der Waals surface area contributed by atoms with Crippen LogP contribution in [0.1, 0.15) is 34.2 Å². The van der Waals surface area contributed by atoms with Crippen LogP contribution in [0.5, 0.6) is 0 Å². The minimum absolute atomic E-state index is 0.116. The lowest BCUT2D eigenvalue weighted by molar-refractivity contribution is -0.144. The molecule has 1 amide bonds. The predicted molar refractivity (Wildman–Crippen MR) is 114 cm³/mol. The monoisotopic (exact) mass is 460 g/mol. The maximum atomic E-state index is 12.9. The SMILES string of the molecule is Cc1nc(-c2cccc(NC(=O)CCc3c(C)nc4nc(C(F)(F)F)nn4c3C)c2)cs1. The molecule has 0 aliphatic heterocycles. The summed E-state index contributed by atoms with van der Waals surface area (Å²) in [5.74, 6) is -1.57. The van der Waals surface area contributed by atoms with Gasteiger partial charge in [0.25, 0.3) is 11.6 Å².